The number of hydrogen-bond acceptors (Lipinski definition) is 6. The van der Waals surface area contributed by atoms with Gasteiger partial charge < -0.3 is 31.1 Å². The fourth-order valence-corrected chi connectivity index (χ4v) is 3.35. The highest BCUT2D eigenvalue weighted by molar-refractivity contribution is 5.68. The molecular weight excluding hydrogens is 408 g/mol. The van der Waals surface area contributed by atoms with Crippen LogP contribution in [-0.4, -0.2) is 39.2 Å². The standard InChI is InChI=1S/C25H35N2O5/c1-25(2,3)32-24(31)27-21(22(29)15-12-17-8-5-4-6-9-17)11-7-10-20(26)19-14-13-18(28)16-23(19)30/h4-6,8-9,11,13-14,16,20-22,28-30H,7,10,12,15,26H2,1-3H3,(H,27,31). The molecule has 7 heteroatoms. The van der Waals surface area contributed by atoms with Crippen molar-refractivity contribution in [3.63, 3.8) is 0 Å². The zero-order chi connectivity index (χ0) is 23.7. The van der Waals surface area contributed by atoms with E-state index in [1.807, 2.05) is 36.8 Å². The lowest BCUT2D eigenvalue weighted by Gasteiger charge is -2.27. The fraction of sp³-hybridized carbons (Fsp3) is 0.440. The van der Waals surface area contributed by atoms with E-state index >= 15 is 0 Å². The summed E-state index contributed by atoms with van der Waals surface area (Å²) in [6, 6.07) is 13.1. The number of aliphatic hydroxyl groups excluding tert-OH is 1. The molecule has 7 nitrogen and oxygen atoms in total. The van der Waals surface area contributed by atoms with Gasteiger partial charge in [0.2, 0.25) is 0 Å². The van der Waals surface area contributed by atoms with Gasteiger partial charge in [0.25, 0.3) is 0 Å². The van der Waals surface area contributed by atoms with Crippen LogP contribution in [0.3, 0.4) is 0 Å². The van der Waals surface area contributed by atoms with Crippen LogP contribution in [0.25, 0.3) is 0 Å². The fourth-order valence-electron chi connectivity index (χ4n) is 3.35. The number of aliphatic hydroxyl groups is 1. The van der Waals surface area contributed by atoms with Gasteiger partial charge in [-0.05, 0) is 64.5 Å². The molecule has 32 heavy (non-hydrogen) atoms. The maximum absolute atomic E-state index is 12.3. The lowest BCUT2D eigenvalue weighted by Crippen LogP contribution is -2.46. The van der Waals surface area contributed by atoms with Crippen LogP contribution in [-0.2, 0) is 11.2 Å². The van der Waals surface area contributed by atoms with Crippen LogP contribution < -0.4 is 11.1 Å². The first kappa shape index (κ1) is 25.5. The molecule has 3 unspecified atom stereocenters. The second kappa shape index (κ2) is 11.7. The Labute approximate surface area is 190 Å². The van der Waals surface area contributed by atoms with Crippen molar-refractivity contribution < 1.29 is 24.9 Å². The van der Waals surface area contributed by atoms with Gasteiger partial charge in [0.15, 0.2) is 0 Å². The number of carbonyl (C=O) groups excluding carboxylic acids is 1. The smallest absolute Gasteiger partial charge is 0.407 e. The number of rotatable bonds is 10. The Hall–Kier alpha value is -2.77. The van der Waals surface area contributed by atoms with Crippen LogP contribution in [0.4, 0.5) is 4.79 Å². The molecule has 0 heterocycles. The highest BCUT2D eigenvalue weighted by Gasteiger charge is 2.25. The number of nitrogens with one attached hydrogen (secondary N) is 1. The summed E-state index contributed by atoms with van der Waals surface area (Å²) >= 11 is 0. The van der Waals surface area contributed by atoms with Gasteiger partial charge in [-0.25, -0.2) is 4.79 Å². The molecule has 0 aliphatic rings. The topological polar surface area (TPSA) is 125 Å². The molecule has 0 fully saturated rings. The van der Waals surface area contributed by atoms with E-state index in [0.717, 1.165) is 5.56 Å². The van der Waals surface area contributed by atoms with Gasteiger partial charge in [-0.1, -0.05) is 36.4 Å². The third kappa shape index (κ3) is 8.77. The van der Waals surface area contributed by atoms with Crippen LogP contribution in [0.1, 0.15) is 57.2 Å². The maximum Gasteiger partial charge on any atom is 0.407 e. The van der Waals surface area contributed by atoms with Gasteiger partial charge in [-0.3, -0.25) is 0 Å². The number of aromatic hydroxyl groups is 2. The van der Waals surface area contributed by atoms with E-state index in [0.29, 0.717) is 31.2 Å². The number of phenolic OH excluding ortho intramolecular Hbond substituents is 2. The first-order chi connectivity index (χ1) is 15.0. The lowest BCUT2D eigenvalue weighted by atomic mass is 9.95. The first-order valence-electron chi connectivity index (χ1n) is 10.9. The Balaban J connectivity index is 1.97. The Morgan fingerprint density at radius 3 is 2.44 bits per heavy atom. The molecule has 0 aromatic heterocycles. The molecule has 1 amide bonds. The van der Waals surface area contributed by atoms with Crippen molar-refractivity contribution in [1.82, 2.24) is 5.32 Å². The van der Waals surface area contributed by atoms with Crippen molar-refractivity contribution in [1.29, 1.82) is 0 Å². The lowest BCUT2D eigenvalue weighted by molar-refractivity contribution is 0.0436. The van der Waals surface area contributed by atoms with Crippen molar-refractivity contribution in [3.8, 4) is 11.5 Å². The van der Waals surface area contributed by atoms with Gasteiger partial charge in [0.1, 0.15) is 17.1 Å². The zero-order valence-corrected chi connectivity index (χ0v) is 19.0. The molecule has 0 saturated carbocycles. The highest BCUT2D eigenvalue weighted by atomic mass is 16.6. The molecule has 0 bridgehead atoms. The molecular formula is C25H35N2O5. The summed E-state index contributed by atoms with van der Waals surface area (Å²) in [5, 5.41) is 33.0. The predicted octanol–water partition coefficient (Wildman–Crippen LogP) is 3.97. The average Bonchev–Trinajstić information content (AvgIpc) is 2.70. The zero-order valence-electron chi connectivity index (χ0n) is 19.0. The monoisotopic (exact) mass is 443 g/mol. The second-order valence-corrected chi connectivity index (χ2v) is 8.93. The third-order valence-corrected chi connectivity index (χ3v) is 4.98. The molecule has 2 aromatic rings. The summed E-state index contributed by atoms with van der Waals surface area (Å²) < 4.78 is 5.34. The molecule has 0 aliphatic heterocycles. The molecule has 175 valence electrons. The quantitative estimate of drug-likeness (QED) is 0.378. The van der Waals surface area contributed by atoms with Crippen LogP contribution in [0.5, 0.6) is 11.5 Å². The molecule has 1 radical (unpaired) electrons. The van der Waals surface area contributed by atoms with Gasteiger partial charge >= 0.3 is 6.09 Å². The molecule has 6 N–H and O–H groups in total. The van der Waals surface area contributed by atoms with Crippen LogP contribution in [0.2, 0.25) is 0 Å². The minimum atomic E-state index is -0.805. The Kier molecular flexibility index (Phi) is 9.35. The Bertz CT molecular complexity index is 851. The minimum Gasteiger partial charge on any atom is -0.508 e. The maximum atomic E-state index is 12.3. The van der Waals surface area contributed by atoms with Gasteiger partial charge in [-0.15, -0.1) is 0 Å². The number of hydrogen-bond donors (Lipinski definition) is 5. The number of aryl methyl sites for hydroxylation is 1. The van der Waals surface area contributed by atoms with Crippen molar-refractivity contribution in [3.05, 3.63) is 66.1 Å². The summed E-state index contributed by atoms with van der Waals surface area (Å²) in [5.41, 5.74) is 7.17. The molecule has 2 aromatic carbocycles. The van der Waals surface area contributed by atoms with Crippen LogP contribution >= 0.6 is 0 Å². The SMILES string of the molecule is CC(C)(C)OC(=O)NC([CH]CCC(N)c1ccc(O)cc1O)C(O)CCc1ccccc1. The summed E-state index contributed by atoms with van der Waals surface area (Å²) in [4.78, 5) is 12.3. The minimum absolute atomic E-state index is 0.0341. The number of carbonyl (C=O) groups is 1. The van der Waals surface area contributed by atoms with Crippen molar-refractivity contribution in [2.24, 2.45) is 5.73 Å². The summed E-state index contributed by atoms with van der Waals surface area (Å²) in [7, 11) is 0. The van der Waals surface area contributed by atoms with Gasteiger partial charge in [0, 0.05) is 17.7 Å². The van der Waals surface area contributed by atoms with E-state index < -0.39 is 29.9 Å². The largest absolute Gasteiger partial charge is 0.508 e. The van der Waals surface area contributed by atoms with Crippen molar-refractivity contribution in [2.75, 3.05) is 0 Å². The van der Waals surface area contributed by atoms with Gasteiger partial charge in [-0.2, -0.15) is 0 Å². The number of benzene rings is 2. The highest BCUT2D eigenvalue weighted by Crippen LogP contribution is 2.29. The molecule has 0 aliphatic carbocycles. The van der Waals surface area contributed by atoms with E-state index in [1.54, 1.807) is 26.8 Å². The average molecular weight is 444 g/mol. The molecule has 2 rings (SSSR count). The van der Waals surface area contributed by atoms with E-state index in [9.17, 15) is 20.1 Å². The van der Waals surface area contributed by atoms with Crippen LogP contribution in [0, 0.1) is 6.42 Å². The second-order valence-electron chi connectivity index (χ2n) is 8.93. The molecule has 0 spiro atoms. The molecule has 3 atom stereocenters. The first-order valence-corrected chi connectivity index (χ1v) is 10.9. The normalized spacial score (nSPS) is 14.4. The van der Waals surface area contributed by atoms with E-state index in [1.165, 1.54) is 12.1 Å². The van der Waals surface area contributed by atoms with Crippen molar-refractivity contribution >= 4 is 6.09 Å². The summed E-state index contributed by atoms with van der Waals surface area (Å²) in [6.45, 7) is 5.33. The number of amides is 1. The Morgan fingerprint density at radius 2 is 1.81 bits per heavy atom. The molecule has 0 saturated heterocycles. The summed E-state index contributed by atoms with van der Waals surface area (Å²) in [6.07, 6.45) is 2.52. The Morgan fingerprint density at radius 1 is 1.12 bits per heavy atom. The van der Waals surface area contributed by atoms with E-state index in [4.69, 9.17) is 10.5 Å². The van der Waals surface area contributed by atoms with E-state index in [2.05, 4.69) is 5.32 Å². The van der Waals surface area contributed by atoms with Gasteiger partial charge in [0.05, 0.1) is 12.1 Å². The third-order valence-electron chi connectivity index (χ3n) is 4.98. The predicted molar refractivity (Wildman–Crippen MR) is 124 cm³/mol. The van der Waals surface area contributed by atoms with E-state index in [-0.39, 0.29) is 11.5 Å². The number of phenols is 2. The number of alkyl carbamates (subject to hydrolysis) is 1. The summed E-state index contributed by atoms with van der Waals surface area (Å²) in [5.74, 6) is -0.1000. The number of nitrogens with two attached hydrogens (primary N) is 1. The van der Waals surface area contributed by atoms with Crippen molar-refractivity contribution in [2.45, 2.75) is 70.2 Å². The van der Waals surface area contributed by atoms with Crippen LogP contribution in [0.15, 0.2) is 48.5 Å². The number of ether oxygens (including phenoxy) is 1.